The van der Waals surface area contributed by atoms with Gasteiger partial charge in [-0.2, -0.15) is 0 Å². The molecule has 1 aliphatic heterocycles. The van der Waals surface area contributed by atoms with Gasteiger partial charge in [0.1, 0.15) is 5.76 Å². The Labute approximate surface area is 115 Å². The van der Waals surface area contributed by atoms with Gasteiger partial charge in [-0.3, -0.25) is 0 Å². The van der Waals surface area contributed by atoms with Crippen molar-refractivity contribution < 1.29 is 14.3 Å². The Balaban J connectivity index is 2.10. The predicted octanol–water partition coefficient (Wildman–Crippen LogP) is 4.73. The summed E-state index contributed by atoms with van der Waals surface area (Å²) in [4.78, 5) is 11.2. The summed E-state index contributed by atoms with van der Waals surface area (Å²) < 4.78 is 10.2. The van der Waals surface area contributed by atoms with Gasteiger partial charge in [-0.25, -0.2) is 4.79 Å². The number of hydrogen-bond donors (Lipinski definition) is 0. The van der Waals surface area contributed by atoms with E-state index in [1.165, 1.54) is 30.4 Å². The van der Waals surface area contributed by atoms with Crippen LogP contribution in [0, 0.1) is 5.41 Å². The molecule has 1 saturated heterocycles. The van der Waals surface area contributed by atoms with E-state index in [2.05, 4.69) is 27.4 Å². The molecule has 3 nitrogen and oxygen atoms in total. The van der Waals surface area contributed by atoms with E-state index in [1.807, 2.05) is 6.92 Å². The monoisotopic (exact) mass is 264 g/mol. The van der Waals surface area contributed by atoms with Gasteiger partial charge in [0.25, 0.3) is 0 Å². The largest absolute Gasteiger partial charge is 0.514 e. The Kier molecular flexibility index (Phi) is 3.50. The van der Waals surface area contributed by atoms with Crippen molar-refractivity contribution >= 4 is 6.16 Å². The van der Waals surface area contributed by atoms with Gasteiger partial charge in [0.2, 0.25) is 0 Å². The molecule has 0 N–H and O–H groups in total. The fourth-order valence-corrected chi connectivity index (χ4v) is 3.25. The van der Waals surface area contributed by atoms with Gasteiger partial charge in [0.05, 0.1) is 0 Å². The lowest BCUT2D eigenvalue weighted by Gasteiger charge is -2.36. The quantitative estimate of drug-likeness (QED) is 0.546. The molecule has 1 atom stereocenters. The van der Waals surface area contributed by atoms with Crippen molar-refractivity contribution in [2.45, 2.75) is 65.4 Å². The molecule has 2 aliphatic rings. The average Bonchev–Trinajstić information content (AvgIpc) is 2.51. The third kappa shape index (κ3) is 2.70. The van der Waals surface area contributed by atoms with Crippen LogP contribution in [0.3, 0.4) is 0 Å². The van der Waals surface area contributed by atoms with Crippen molar-refractivity contribution in [1.82, 2.24) is 0 Å². The van der Waals surface area contributed by atoms with Crippen molar-refractivity contribution in [2.24, 2.45) is 5.41 Å². The number of rotatable bonds is 3. The molecule has 0 spiro atoms. The molecule has 0 unspecified atom stereocenters. The summed E-state index contributed by atoms with van der Waals surface area (Å²) in [7, 11) is 0. The second-order valence-corrected chi connectivity index (χ2v) is 6.60. The minimum Gasteiger partial charge on any atom is -0.419 e. The highest BCUT2D eigenvalue weighted by molar-refractivity contribution is 5.66. The summed E-state index contributed by atoms with van der Waals surface area (Å²) in [6.07, 6.45) is 4.74. The van der Waals surface area contributed by atoms with E-state index in [4.69, 9.17) is 9.47 Å². The third-order valence-corrected chi connectivity index (χ3v) is 4.64. The maximum absolute atomic E-state index is 11.2. The Bertz CT molecular complexity index is 445. The Morgan fingerprint density at radius 1 is 1.32 bits per heavy atom. The molecule has 1 fully saturated rings. The summed E-state index contributed by atoms with van der Waals surface area (Å²) in [5, 5.41) is 0. The first-order valence-electron chi connectivity index (χ1n) is 7.04. The molecule has 106 valence electrons. The second kappa shape index (κ2) is 4.69. The highest BCUT2D eigenvalue weighted by Gasteiger charge is 2.42. The van der Waals surface area contributed by atoms with Crippen LogP contribution in [0.15, 0.2) is 23.5 Å². The van der Waals surface area contributed by atoms with E-state index in [9.17, 15) is 4.79 Å². The van der Waals surface area contributed by atoms with Crippen LogP contribution in [0.25, 0.3) is 0 Å². The molecule has 3 heteroatoms. The average molecular weight is 264 g/mol. The Morgan fingerprint density at radius 2 is 2.00 bits per heavy atom. The molecule has 2 rings (SSSR count). The van der Waals surface area contributed by atoms with Gasteiger partial charge in [0, 0.05) is 0 Å². The van der Waals surface area contributed by atoms with Gasteiger partial charge >= 0.3 is 6.16 Å². The second-order valence-electron chi connectivity index (χ2n) is 6.60. The number of carbonyl (C=O) groups excluding carboxylic acids is 1. The number of hydrogen-bond acceptors (Lipinski definition) is 3. The zero-order chi connectivity index (χ0) is 14.3. The van der Waals surface area contributed by atoms with Crippen molar-refractivity contribution in [3.8, 4) is 0 Å². The lowest BCUT2D eigenvalue weighted by Crippen LogP contribution is -2.28. The topological polar surface area (TPSA) is 35.5 Å². The molecule has 1 heterocycles. The zero-order valence-corrected chi connectivity index (χ0v) is 12.5. The van der Waals surface area contributed by atoms with Crippen LogP contribution in [-0.4, -0.2) is 11.8 Å². The van der Waals surface area contributed by atoms with E-state index in [-0.39, 0.29) is 5.41 Å². The minimum atomic E-state index is -0.669. The lowest BCUT2D eigenvalue weighted by atomic mass is 9.70. The van der Waals surface area contributed by atoms with Crippen molar-refractivity contribution in [3.63, 3.8) is 0 Å². The number of carbonyl (C=O) groups is 1. The maximum Gasteiger partial charge on any atom is 0.514 e. The summed E-state index contributed by atoms with van der Waals surface area (Å²) in [6.45, 7) is 12.5. The molecule has 1 aliphatic carbocycles. The van der Waals surface area contributed by atoms with Crippen molar-refractivity contribution in [1.29, 1.82) is 0 Å². The van der Waals surface area contributed by atoms with E-state index >= 15 is 0 Å². The SMILES string of the molecule is C=C1OC(=O)O[C@]1(C)CCC1=C(C)CCCC1(C)C. The molecule has 0 aromatic rings. The molecule has 0 bridgehead atoms. The lowest BCUT2D eigenvalue weighted by molar-refractivity contribution is 0.0707. The third-order valence-electron chi connectivity index (χ3n) is 4.64. The zero-order valence-electron chi connectivity index (χ0n) is 12.5. The van der Waals surface area contributed by atoms with Crippen molar-refractivity contribution in [3.05, 3.63) is 23.5 Å². The highest BCUT2D eigenvalue weighted by atomic mass is 16.8. The van der Waals surface area contributed by atoms with Gasteiger partial charge in [-0.15, -0.1) is 0 Å². The standard InChI is InChI=1S/C16H24O3/c1-11-7-6-9-15(3,4)13(11)8-10-16(5)12(2)18-14(17)19-16/h2,6-10H2,1,3-5H3/t16-/m1/s1. The Hall–Kier alpha value is -1.25. The molecular weight excluding hydrogens is 240 g/mol. The predicted molar refractivity (Wildman–Crippen MR) is 74.7 cm³/mol. The first kappa shape index (κ1) is 14.2. The van der Waals surface area contributed by atoms with E-state index in [1.54, 1.807) is 0 Å². The number of allylic oxidation sites excluding steroid dienone is 2. The first-order chi connectivity index (χ1) is 8.74. The summed E-state index contributed by atoms with van der Waals surface area (Å²) >= 11 is 0. The van der Waals surface area contributed by atoms with Crippen LogP contribution in [-0.2, 0) is 9.47 Å². The van der Waals surface area contributed by atoms with Gasteiger partial charge < -0.3 is 9.47 Å². The summed E-state index contributed by atoms with van der Waals surface area (Å²) in [5.41, 5.74) is 2.59. The molecule has 19 heavy (non-hydrogen) atoms. The molecular formula is C16H24O3. The summed E-state index contributed by atoms with van der Waals surface area (Å²) in [5.74, 6) is 0.435. The number of ether oxygens (including phenoxy) is 2. The number of cyclic esters (lactones) is 2. The smallest absolute Gasteiger partial charge is 0.419 e. The van der Waals surface area contributed by atoms with E-state index in [0.29, 0.717) is 5.76 Å². The van der Waals surface area contributed by atoms with Crippen LogP contribution in [0.4, 0.5) is 4.79 Å². The van der Waals surface area contributed by atoms with Gasteiger partial charge in [-0.05, 0) is 51.4 Å². The molecule has 0 radical (unpaired) electrons. The van der Waals surface area contributed by atoms with E-state index < -0.39 is 11.8 Å². The van der Waals surface area contributed by atoms with Gasteiger partial charge in [0.15, 0.2) is 5.60 Å². The molecule has 0 amide bonds. The fourth-order valence-electron chi connectivity index (χ4n) is 3.25. The normalized spacial score (nSPS) is 30.3. The minimum absolute atomic E-state index is 0.253. The highest BCUT2D eigenvalue weighted by Crippen LogP contribution is 2.44. The first-order valence-corrected chi connectivity index (χ1v) is 7.04. The summed E-state index contributed by atoms with van der Waals surface area (Å²) in [6, 6.07) is 0. The van der Waals surface area contributed by atoms with Crippen molar-refractivity contribution in [2.75, 3.05) is 0 Å². The van der Waals surface area contributed by atoms with Crippen LogP contribution in [0.1, 0.15) is 59.8 Å². The van der Waals surface area contributed by atoms with Gasteiger partial charge in [-0.1, -0.05) is 31.6 Å². The maximum atomic E-state index is 11.2. The molecule has 0 aromatic heterocycles. The van der Waals surface area contributed by atoms with Crippen LogP contribution >= 0.6 is 0 Å². The van der Waals surface area contributed by atoms with E-state index in [0.717, 1.165) is 12.8 Å². The van der Waals surface area contributed by atoms with Crippen LogP contribution < -0.4 is 0 Å². The van der Waals surface area contributed by atoms with Crippen LogP contribution in [0.5, 0.6) is 0 Å². The van der Waals surface area contributed by atoms with Crippen LogP contribution in [0.2, 0.25) is 0 Å². The molecule has 0 aromatic carbocycles. The molecule has 0 saturated carbocycles. The Morgan fingerprint density at radius 3 is 2.53 bits per heavy atom. The fraction of sp³-hybridized carbons (Fsp3) is 0.688.